The van der Waals surface area contributed by atoms with Crippen LogP contribution in [0, 0.1) is 17.8 Å². The highest BCUT2D eigenvalue weighted by Crippen LogP contribution is 2.57. The van der Waals surface area contributed by atoms with Gasteiger partial charge in [-0.3, -0.25) is 9.59 Å². The third kappa shape index (κ3) is 3.39. The zero-order chi connectivity index (χ0) is 26.2. The number of carbonyl (C=O) groups excluding carboxylic acids is 2. The number of para-hydroxylation sites is 1. The largest absolute Gasteiger partial charge is 0.490 e. The minimum Gasteiger partial charge on any atom is -0.490 e. The first kappa shape index (κ1) is 23.1. The van der Waals surface area contributed by atoms with E-state index in [-0.39, 0.29) is 42.2 Å². The molecule has 2 aromatic carbocycles. The van der Waals surface area contributed by atoms with Gasteiger partial charge in [0.25, 0.3) is 11.8 Å². The van der Waals surface area contributed by atoms with Crippen LogP contribution in [0.1, 0.15) is 34.7 Å². The number of ether oxygens (including phenoxy) is 1. The van der Waals surface area contributed by atoms with E-state index in [4.69, 9.17) is 4.74 Å². The molecule has 7 rings (SSSR count). The number of rotatable bonds is 4. The molecule has 2 unspecified atom stereocenters. The smallest absolute Gasteiger partial charge is 0.272 e. The molecule has 2 saturated heterocycles. The normalized spacial score (nSPS) is 26.1. The SMILES string of the molecule is CC(C)Oc1cc(C(=O)N2CC3[C@H]4CN(C(=O)c5ccc6n[nH]nc6c5)C[C@H]4C3(O)C2)nc2ccccc12. The van der Waals surface area contributed by atoms with Crippen LogP contribution in [-0.4, -0.2) is 85.0 Å². The van der Waals surface area contributed by atoms with Crippen molar-refractivity contribution in [2.45, 2.75) is 25.6 Å². The highest BCUT2D eigenvalue weighted by Gasteiger charge is 2.68. The van der Waals surface area contributed by atoms with E-state index in [1.54, 1.807) is 29.2 Å². The fraction of sp³-hybridized carbons (Fsp3) is 0.393. The van der Waals surface area contributed by atoms with E-state index in [9.17, 15) is 14.7 Å². The first-order chi connectivity index (χ1) is 18.3. The molecule has 0 radical (unpaired) electrons. The van der Waals surface area contributed by atoms with Crippen molar-refractivity contribution in [3.05, 3.63) is 59.8 Å². The molecule has 2 aromatic heterocycles. The van der Waals surface area contributed by atoms with Crippen molar-refractivity contribution in [3.63, 3.8) is 0 Å². The van der Waals surface area contributed by atoms with Crippen LogP contribution >= 0.6 is 0 Å². The number of hydrogen-bond donors (Lipinski definition) is 2. The van der Waals surface area contributed by atoms with Crippen molar-refractivity contribution >= 4 is 33.8 Å². The highest BCUT2D eigenvalue weighted by atomic mass is 16.5. The lowest BCUT2D eigenvalue weighted by molar-refractivity contribution is -0.145. The number of aromatic amines is 1. The fourth-order valence-electron chi connectivity index (χ4n) is 6.67. The minimum absolute atomic E-state index is 0.0463. The maximum Gasteiger partial charge on any atom is 0.272 e. The van der Waals surface area contributed by atoms with E-state index in [1.165, 1.54) is 0 Å². The van der Waals surface area contributed by atoms with Gasteiger partial charge in [-0.1, -0.05) is 12.1 Å². The highest BCUT2D eigenvalue weighted by molar-refractivity contribution is 5.98. The van der Waals surface area contributed by atoms with E-state index < -0.39 is 5.60 Å². The third-order valence-electron chi connectivity index (χ3n) is 8.43. The number of hydrogen-bond acceptors (Lipinski definition) is 7. The van der Waals surface area contributed by atoms with Gasteiger partial charge in [0, 0.05) is 48.5 Å². The summed E-state index contributed by atoms with van der Waals surface area (Å²) in [6.07, 6.45) is -0.0463. The average Bonchev–Trinajstić information content (AvgIpc) is 3.62. The maximum absolute atomic E-state index is 13.6. The quantitative estimate of drug-likeness (QED) is 0.430. The Labute approximate surface area is 218 Å². The van der Waals surface area contributed by atoms with Crippen LogP contribution in [0.3, 0.4) is 0 Å². The van der Waals surface area contributed by atoms with Gasteiger partial charge in [0.15, 0.2) is 0 Å². The second-order valence-corrected chi connectivity index (χ2v) is 11.0. The molecule has 3 fully saturated rings. The number of fused-ring (bicyclic) bond motifs is 6. The Morgan fingerprint density at radius 1 is 0.974 bits per heavy atom. The molecule has 2 N–H and O–H groups in total. The number of carbonyl (C=O) groups is 2. The number of H-pyrrole nitrogens is 1. The molecule has 1 saturated carbocycles. The van der Waals surface area contributed by atoms with Crippen molar-refractivity contribution in [2.75, 3.05) is 26.2 Å². The number of pyridine rings is 1. The number of aliphatic hydroxyl groups is 1. The minimum atomic E-state index is -1.00. The molecule has 2 aliphatic heterocycles. The van der Waals surface area contributed by atoms with Crippen molar-refractivity contribution in [2.24, 2.45) is 17.8 Å². The van der Waals surface area contributed by atoms with Gasteiger partial charge in [-0.15, -0.1) is 0 Å². The Hall–Kier alpha value is -4.05. The van der Waals surface area contributed by atoms with Gasteiger partial charge in [0.1, 0.15) is 22.5 Å². The summed E-state index contributed by atoms with van der Waals surface area (Å²) in [5, 5.41) is 23.2. The van der Waals surface area contributed by atoms with Crippen LogP contribution in [-0.2, 0) is 0 Å². The fourth-order valence-corrected chi connectivity index (χ4v) is 6.67. The molecule has 38 heavy (non-hydrogen) atoms. The molecule has 10 heteroatoms. The predicted octanol–water partition coefficient (Wildman–Crippen LogP) is 2.50. The standard InChI is InChI=1S/C28H28N6O4/c1-15(2)38-25-10-24(29-21-6-4-3-5-17(21)25)27(36)34-13-20-18-11-33(12-19(18)28(20,37)14-34)26(35)16-7-8-22-23(9-16)31-32-30-22/h3-10,15,18-20,37H,11-14H2,1-2H3,(H,30,31,32)/t18-,19+,20?,28?/m0/s1. The second kappa shape index (κ2) is 8.22. The summed E-state index contributed by atoms with van der Waals surface area (Å²) < 4.78 is 6.00. The number of amides is 2. The summed E-state index contributed by atoms with van der Waals surface area (Å²) in [5.41, 5.74) is 1.93. The number of nitrogens with one attached hydrogen (secondary N) is 1. The third-order valence-corrected chi connectivity index (χ3v) is 8.43. The zero-order valence-corrected chi connectivity index (χ0v) is 21.2. The van der Waals surface area contributed by atoms with Gasteiger partial charge >= 0.3 is 0 Å². The van der Waals surface area contributed by atoms with Crippen LogP contribution in [0.4, 0.5) is 0 Å². The molecule has 1 aliphatic carbocycles. The van der Waals surface area contributed by atoms with Gasteiger partial charge in [-0.25, -0.2) is 4.98 Å². The molecule has 10 nitrogen and oxygen atoms in total. The van der Waals surface area contributed by atoms with E-state index in [0.717, 1.165) is 5.39 Å². The van der Waals surface area contributed by atoms with Crippen LogP contribution in [0.25, 0.3) is 21.9 Å². The molecule has 2 amide bonds. The van der Waals surface area contributed by atoms with Crippen molar-refractivity contribution in [1.82, 2.24) is 30.2 Å². The molecular formula is C28H28N6O4. The first-order valence-electron chi connectivity index (χ1n) is 13.0. The first-order valence-corrected chi connectivity index (χ1v) is 13.0. The summed E-state index contributed by atoms with van der Waals surface area (Å²) >= 11 is 0. The van der Waals surface area contributed by atoms with E-state index >= 15 is 0 Å². The molecule has 3 aliphatic rings. The lowest BCUT2D eigenvalue weighted by atomic mass is 9.56. The van der Waals surface area contributed by atoms with E-state index in [2.05, 4.69) is 20.4 Å². The molecule has 4 heterocycles. The predicted molar refractivity (Wildman–Crippen MR) is 139 cm³/mol. The number of benzene rings is 2. The number of likely N-dealkylation sites (tertiary alicyclic amines) is 2. The van der Waals surface area contributed by atoms with Gasteiger partial charge in [0.2, 0.25) is 0 Å². The lowest BCUT2D eigenvalue weighted by Gasteiger charge is -2.50. The van der Waals surface area contributed by atoms with Crippen LogP contribution in [0.5, 0.6) is 5.75 Å². The summed E-state index contributed by atoms with van der Waals surface area (Å²) in [7, 11) is 0. The topological polar surface area (TPSA) is 125 Å². The molecular weight excluding hydrogens is 484 g/mol. The molecule has 0 bridgehead atoms. The van der Waals surface area contributed by atoms with E-state index in [1.807, 2.05) is 43.0 Å². The van der Waals surface area contributed by atoms with Crippen molar-refractivity contribution in [1.29, 1.82) is 0 Å². The Kier molecular flexibility index (Phi) is 5.00. The summed E-state index contributed by atoms with van der Waals surface area (Å²) in [6, 6.07) is 14.6. The van der Waals surface area contributed by atoms with Gasteiger partial charge in [-0.05, 0) is 50.1 Å². The Morgan fingerprint density at radius 2 is 1.74 bits per heavy atom. The van der Waals surface area contributed by atoms with Gasteiger partial charge in [0.05, 0.1) is 23.8 Å². The molecule has 4 atom stereocenters. The van der Waals surface area contributed by atoms with Gasteiger partial charge in [-0.2, -0.15) is 15.4 Å². The number of β-amino-alcohol motifs (C(OH)–C–C–N with tert-alkyl or cyclic N) is 1. The Balaban J connectivity index is 1.09. The van der Waals surface area contributed by atoms with Crippen LogP contribution in [0.15, 0.2) is 48.5 Å². The number of nitrogens with zero attached hydrogens (tertiary/aromatic N) is 5. The molecule has 194 valence electrons. The summed E-state index contributed by atoms with van der Waals surface area (Å²) in [6.45, 7) is 5.61. The van der Waals surface area contributed by atoms with Gasteiger partial charge < -0.3 is 19.6 Å². The second-order valence-electron chi connectivity index (χ2n) is 11.0. The Morgan fingerprint density at radius 3 is 2.55 bits per heavy atom. The van der Waals surface area contributed by atoms with Crippen LogP contribution < -0.4 is 4.74 Å². The Bertz CT molecular complexity index is 1600. The van der Waals surface area contributed by atoms with Crippen LogP contribution in [0.2, 0.25) is 0 Å². The van der Waals surface area contributed by atoms with Crippen molar-refractivity contribution in [3.8, 4) is 5.75 Å². The monoisotopic (exact) mass is 512 g/mol. The summed E-state index contributed by atoms with van der Waals surface area (Å²) in [4.78, 5) is 35.0. The molecule has 4 aromatic rings. The van der Waals surface area contributed by atoms with Crippen molar-refractivity contribution < 1.29 is 19.4 Å². The zero-order valence-electron chi connectivity index (χ0n) is 21.2. The summed E-state index contributed by atoms with van der Waals surface area (Å²) in [5.74, 6) is 0.371. The van der Waals surface area contributed by atoms with E-state index in [0.29, 0.717) is 53.2 Å². The maximum atomic E-state index is 13.6. The number of aromatic nitrogens is 4. The average molecular weight is 513 g/mol. The molecule has 0 spiro atoms. The lowest BCUT2D eigenvalue weighted by Crippen LogP contribution is -2.61.